The van der Waals surface area contributed by atoms with Crippen molar-refractivity contribution in [3.8, 4) is 11.5 Å². The molecule has 2 heterocycles. The number of carbonyl (C=O) groups is 1. The fourth-order valence-corrected chi connectivity index (χ4v) is 3.53. The van der Waals surface area contributed by atoms with Gasteiger partial charge in [0, 0.05) is 38.0 Å². The number of hydrogen-bond donors (Lipinski definition) is 1. The van der Waals surface area contributed by atoms with E-state index in [1.807, 2.05) is 18.2 Å². The molecule has 3 aliphatic rings. The number of carbonyl (C=O) groups excluding carboxylic acids is 1. The Kier molecular flexibility index (Phi) is 4.81. The fourth-order valence-electron chi connectivity index (χ4n) is 3.53. The van der Waals surface area contributed by atoms with Gasteiger partial charge in [-0.2, -0.15) is 0 Å². The molecule has 0 radical (unpaired) electrons. The molecule has 6 heteroatoms. The number of aryl methyl sites for hydroxylation is 1. The topological polar surface area (TPSA) is 60.0 Å². The van der Waals surface area contributed by atoms with Crippen molar-refractivity contribution in [2.45, 2.75) is 25.7 Å². The molecule has 1 N–H and O–H groups in total. The molecule has 0 bridgehead atoms. The third kappa shape index (κ3) is 4.25. The Morgan fingerprint density at radius 1 is 1.16 bits per heavy atom. The molecule has 6 nitrogen and oxygen atoms in total. The van der Waals surface area contributed by atoms with Gasteiger partial charge in [0.2, 0.25) is 12.7 Å². The van der Waals surface area contributed by atoms with E-state index < -0.39 is 0 Å². The van der Waals surface area contributed by atoms with Crippen LogP contribution in [0.4, 0.5) is 0 Å². The lowest BCUT2D eigenvalue weighted by molar-refractivity contribution is -0.121. The first-order valence-electron chi connectivity index (χ1n) is 9.18. The second-order valence-electron chi connectivity index (χ2n) is 7.35. The molecule has 0 aromatic heterocycles. The zero-order chi connectivity index (χ0) is 17.1. The van der Waals surface area contributed by atoms with Crippen molar-refractivity contribution in [3.05, 3.63) is 23.8 Å². The van der Waals surface area contributed by atoms with Gasteiger partial charge in [0.05, 0.1) is 13.2 Å². The van der Waals surface area contributed by atoms with Crippen molar-refractivity contribution < 1.29 is 19.0 Å². The van der Waals surface area contributed by atoms with Gasteiger partial charge in [-0.1, -0.05) is 6.07 Å². The molecule has 1 aromatic rings. The van der Waals surface area contributed by atoms with Gasteiger partial charge < -0.3 is 19.5 Å². The lowest BCUT2D eigenvalue weighted by Gasteiger charge is -2.30. The summed E-state index contributed by atoms with van der Waals surface area (Å²) in [5.41, 5.74) is 1.40. The summed E-state index contributed by atoms with van der Waals surface area (Å²) in [6.07, 6.45) is 3.66. The molecular weight excluding hydrogens is 320 g/mol. The minimum Gasteiger partial charge on any atom is -0.454 e. The smallest absolute Gasteiger partial charge is 0.231 e. The van der Waals surface area contributed by atoms with E-state index in [2.05, 4.69) is 10.2 Å². The highest BCUT2D eigenvalue weighted by molar-refractivity contribution is 5.76. The van der Waals surface area contributed by atoms with Crippen molar-refractivity contribution in [3.63, 3.8) is 0 Å². The maximum Gasteiger partial charge on any atom is 0.231 e. The Hall–Kier alpha value is -1.79. The summed E-state index contributed by atoms with van der Waals surface area (Å²) >= 11 is 0. The van der Waals surface area contributed by atoms with Gasteiger partial charge in [0.25, 0.3) is 0 Å². The zero-order valence-electron chi connectivity index (χ0n) is 14.6. The van der Waals surface area contributed by atoms with Gasteiger partial charge in [-0.05, 0) is 37.0 Å². The van der Waals surface area contributed by atoms with Gasteiger partial charge in [-0.25, -0.2) is 0 Å². The number of morpholine rings is 1. The van der Waals surface area contributed by atoms with E-state index in [0.29, 0.717) is 11.8 Å². The van der Waals surface area contributed by atoms with Gasteiger partial charge in [0.15, 0.2) is 11.5 Å². The highest BCUT2D eigenvalue weighted by Gasteiger charge is 2.44. The number of hydrogen-bond acceptors (Lipinski definition) is 5. The Bertz CT molecular complexity index is 624. The molecule has 1 aromatic carbocycles. The molecule has 0 atom stereocenters. The molecule has 1 aliphatic carbocycles. The summed E-state index contributed by atoms with van der Waals surface area (Å²) in [5, 5.41) is 3.14. The van der Waals surface area contributed by atoms with Crippen LogP contribution >= 0.6 is 0 Å². The number of nitrogens with one attached hydrogen (secondary N) is 1. The van der Waals surface area contributed by atoms with E-state index in [1.165, 1.54) is 12.8 Å². The van der Waals surface area contributed by atoms with Gasteiger partial charge in [-0.3, -0.25) is 9.69 Å². The number of rotatable bonds is 7. The van der Waals surface area contributed by atoms with Crippen LogP contribution in [0.1, 0.15) is 24.8 Å². The predicted octanol–water partition coefficient (Wildman–Crippen LogP) is 1.58. The Labute approximate surface area is 148 Å². The zero-order valence-corrected chi connectivity index (χ0v) is 14.6. The molecule has 1 saturated carbocycles. The standard InChI is InChI=1S/C19H26N2O4/c22-18(4-2-15-1-3-16-17(11-15)25-14-24-16)20-12-19(5-6-19)13-21-7-9-23-10-8-21/h1,3,11H,2,4-10,12-14H2,(H,20,22). The summed E-state index contributed by atoms with van der Waals surface area (Å²) in [5.74, 6) is 1.69. The van der Waals surface area contributed by atoms with Crippen molar-refractivity contribution in [1.29, 1.82) is 0 Å². The van der Waals surface area contributed by atoms with Gasteiger partial charge in [0.1, 0.15) is 0 Å². The van der Waals surface area contributed by atoms with E-state index in [4.69, 9.17) is 14.2 Å². The lowest BCUT2D eigenvalue weighted by atomic mass is 10.1. The third-order valence-corrected chi connectivity index (χ3v) is 5.36. The molecule has 2 fully saturated rings. The third-order valence-electron chi connectivity index (χ3n) is 5.36. The first kappa shape index (κ1) is 16.7. The Morgan fingerprint density at radius 2 is 1.96 bits per heavy atom. The highest BCUT2D eigenvalue weighted by atomic mass is 16.7. The van der Waals surface area contributed by atoms with Crippen LogP contribution in [0.15, 0.2) is 18.2 Å². The average molecular weight is 346 g/mol. The first-order chi connectivity index (χ1) is 12.2. The summed E-state index contributed by atoms with van der Waals surface area (Å²) in [7, 11) is 0. The highest BCUT2D eigenvalue weighted by Crippen LogP contribution is 2.45. The summed E-state index contributed by atoms with van der Waals surface area (Å²) in [4.78, 5) is 14.7. The number of benzene rings is 1. The average Bonchev–Trinajstić information content (AvgIpc) is 3.24. The number of amides is 1. The van der Waals surface area contributed by atoms with Crippen LogP contribution in [0.3, 0.4) is 0 Å². The van der Waals surface area contributed by atoms with E-state index in [0.717, 1.165) is 62.9 Å². The largest absolute Gasteiger partial charge is 0.454 e. The summed E-state index contributed by atoms with van der Waals surface area (Å²) in [6.45, 7) is 5.85. The molecule has 4 rings (SSSR count). The summed E-state index contributed by atoms with van der Waals surface area (Å²) in [6, 6.07) is 5.88. The Balaban J connectivity index is 1.20. The minimum absolute atomic E-state index is 0.130. The molecule has 25 heavy (non-hydrogen) atoms. The molecule has 0 unspecified atom stereocenters. The molecule has 0 spiro atoms. The molecule has 136 valence electrons. The molecule has 1 amide bonds. The first-order valence-corrected chi connectivity index (χ1v) is 9.18. The quantitative estimate of drug-likeness (QED) is 0.812. The molecular formula is C19H26N2O4. The SMILES string of the molecule is O=C(CCc1ccc2c(c1)OCO2)NCC1(CN2CCOCC2)CC1. The van der Waals surface area contributed by atoms with E-state index in [9.17, 15) is 4.79 Å². The molecule has 1 saturated heterocycles. The van der Waals surface area contributed by atoms with E-state index in [1.54, 1.807) is 0 Å². The number of ether oxygens (including phenoxy) is 3. The van der Waals surface area contributed by atoms with Crippen LogP contribution in [0.25, 0.3) is 0 Å². The monoisotopic (exact) mass is 346 g/mol. The van der Waals surface area contributed by atoms with E-state index >= 15 is 0 Å². The van der Waals surface area contributed by atoms with Crippen molar-refractivity contribution in [2.75, 3.05) is 46.2 Å². The predicted molar refractivity (Wildman–Crippen MR) is 92.8 cm³/mol. The van der Waals surface area contributed by atoms with Crippen LogP contribution < -0.4 is 14.8 Å². The second kappa shape index (κ2) is 7.22. The second-order valence-corrected chi connectivity index (χ2v) is 7.35. The number of fused-ring (bicyclic) bond motifs is 1. The maximum atomic E-state index is 12.2. The van der Waals surface area contributed by atoms with Crippen LogP contribution in [0, 0.1) is 5.41 Å². The van der Waals surface area contributed by atoms with Gasteiger partial charge >= 0.3 is 0 Å². The van der Waals surface area contributed by atoms with Crippen LogP contribution in [0.5, 0.6) is 11.5 Å². The molecule has 2 aliphatic heterocycles. The lowest BCUT2D eigenvalue weighted by Crippen LogP contribution is -2.43. The van der Waals surface area contributed by atoms with Crippen molar-refractivity contribution in [1.82, 2.24) is 10.2 Å². The number of nitrogens with zero attached hydrogens (tertiary/aromatic N) is 1. The van der Waals surface area contributed by atoms with Crippen LogP contribution in [-0.2, 0) is 16.0 Å². The minimum atomic E-state index is 0.130. The normalized spacial score (nSPS) is 21.1. The van der Waals surface area contributed by atoms with Crippen LogP contribution in [-0.4, -0.2) is 57.0 Å². The summed E-state index contributed by atoms with van der Waals surface area (Å²) < 4.78 is 16.1. The van der Waals surface area contributed by atoms with Crippen molar-refractivity contribution in [2.24, 2.45) is 5.41 Å². The maximum absolute atomic E-state index is 12.2. The van der Waals surface area contributed by atoms with Crippen molar-refractivity contribution >= 4 is 5.91 Å². The Morgan fingerprint density at radius 3 is 2.76 bits per heavy atom. The fraction of sp³-hybridized carbons (Fsp3) is 0.632. The van der Waals surface area contributed by atoms with Crippen LogP contribution in [0.2, 0.25) is 0 Å². The van der Waals surface area contributed by atoms with Gasteiger partial charge in [-0.15, -0.1) is 0 Å². The van der Waals surface area contributed by atoms with E-state index in [-0.39, 0.29) is 12.7 Å².